The zero-order valence-electron chi connectivity index (χ0n) is 25.2. The average molecular weight is 609 g/mol. The molecule has 0 heterocycles. The van der Waals surface area contributed by atoms with Gasteiger partial charge in [0.15, 0.2) is 0 Å². The van der Waals surface area contributed by atoms with Crippen molar-refractivity contribution in [3.8, 4) is 0 Å². The van der Waals surface area contributed by atoms with Gasteiger partial charge in [0.1, 0.15) is 0 Å². The van der Waals surface area contributed by atoms with Crippen LogP contribution in [0.25, 0.3) is 0 Å². The van der Waals surface area contributed by atoms with E-state index in [-0.39, 0.29) is 59.1 Å². The molecule has 0 rings (SSSR count). The fraction of sp³-hybridized carbons (Fsp3) is 0.923. The predicted octanol–water partition coefficient (Wildman–Crippen LogP) is 2.97. The molecule has 0 fully saturated rings. The third-order valence-electron chi connectivity index (χ3n) is 5.21. The first-order valence-electron chi connectivity index (χ1n) is 13.8. The quantitative estimate of drug-likeness (QED) is 0.0714. The van der Waals surface area contributed by atoms with Gasteiger partial charge in [-0.3, -0.25) is 18.2 Å². The van der Waals surface area contributed by atoms with E-state index >= 15 is 0 Å². The zero-order chi connectivity index (χ0) is 28.6. The molecule has 38 heavy (non-hydrogen) atoms. The van der Waals surface area contributed by atoms with Crippen LogP contribution in [-0.2, 0) is 20.8 Å². The van der Waals surface area contributed by atoms with Crippen molar-refractivity contribution in [2.45, 2.75) is 155 Å². The van der Waals surface area contributed by atoms with Crippen molar-refractivity contribution in [1.29, 1.82) is 0 Å². The predicted molar refractivity (Wildman–Crippen MR) is 152 cm³/mol. The summed E-state index contributed by atoms with van der Waals surface area (Å²) in [6.07, 6.45) is 30.7. The Morgan fingerprint density at radius 2 is 0.526 bits per heavy atom. The fourth-order valence-electron chi connectivity index (χ4n) is 3.33. The second kappa shape index (κ2) is 43.2. The first-order chi connectivity index (χ1) is 16.8. The van der Waals surface area contributed by atoms with Crippen LogP contribution >= 0.6 is 0 Å². The number of hydrogen-bond acceptors (Lipinski definition) is 4. The molecule has 0 aliphatic heterocycles. The van der Waals surface area contributed by atoms with Gasteiger partial charge < -0.3 is 13.8 Å². The van der Waals surface area contributed by atoms with Crippen molar-refractivity contribution in [3.05, 3.63) is 13.8 Å². The molecule has 0 radical (unpaired) electrons. The molecule has 4 N–H and O–H groups in total. The van der Waals surface area contributed by atoms with Gasteiger partial charge >= 0.3 is 79.9 Å². The molecule has 0 amide bonds. The van der Waals surface area contributed by atoms with E-state index in [1.54, 1.807) is 0 Å². The van der Waals surface area contributed by atoms with E-state index < -0.39 is 20.8 Å². The van der Waals surface area contributed by atoms with Crippen molar-refractivity contribution >= 4 is 20.8 Å². The SMILES string of the molecule is O=S(=O)(O)O.O=S(=O)(O)O.[CH2-]CCCCCCCCCCCC.[CH2-]CCCCCCCCCCCC.[Na+].[Na+]. The Kier molecular flexibility index (Phi) is 59.6. The smallest absolute Gasteiger partial charge is 0.343 e. The van der Waals surface area contributed by atoms with E-state index in [0.29, 0.717) is 0 Å². The van der Waals surface area contributed by atoms with Crippen LogP contribution in [-0.4, -0.2) is 35.0 Å². The molecule has 0 aromatic rings. The minimum Gasteiger partial charge on any atom is -0.343 e. The van der Waals surface area contributed by atoms with Gasteiger partial charge in [0, 0.05) is 0 Å². The third-order valence-corrected chi connectivity index (χ3v) is 5.21. The molecule has 0 spiro atoms. The van der Waals surface area contributed by atoms with Crippen molar-refractivity contribution < 1.29 is 94.2 Å². The summed E-state index contributed by atoms with van der Waals surface area (Å²) in [4.78, 5) is 0. The van der Waals surface area contributed by atoms with Crippen molar-refractivity contribution in [2.75, 3.05) is 0 Å². The summed E-state index contributed by atoms with van der Waals surface area (Å²) in [5.74, 6) is 0. The van der Waals surface area contributed by atoms with Crippen molar-refractivity contribution in [3.63, 3.8) is 0 Å². The molecule has 12 heteroatoms. The van der Waals surface area contributed by atoms with E-state index in [1.165, 1.54) is 128 Å². The molecule has 0 saturated heterocycles. The Morgan fingerprint density at radius 1 is 0.395 bits per heavy atom. The Morgan fingerprint density at radius 3 is 0.658 bits per heavy atom. The first kappa shape index (κ1) is 52.4. The molecule has 0 aliphatic carbocycles. The van der Waals surface area contributed by atoms with Gasteiger partial charge in [0.2, 0.25) is 0 Å². The molecule has 224 valence electrons. The van der Waals surface area contributed by atoms with Crippen LogP contribution in [0.3, 0.4) is 0 Å². The molecule has 0 aliphatic rings. The zero-order valence-corrected chi connectivity index (χ0v) is 30.8. The second-order valence-corrected chi connectivity index (χ2v) is 10.8. The minimum absolute atomic E-state index is 0. The van der Waals surface area contributed by atoms with E-state index in [0.717, 1.165) is 12.8 Å². The summed E-state index contributed by atoms with van der Waals surface area (Å²) < 4.78 is 63.2. The Hall–Kier alpha value is 1.74. The Labute approximate surface area is 281 Å². The van der Waals surface area contributed by atoms with Crippen LogP contribution in [0.4, 0.5) is 0 Å². The van der Waals surface area contributed by atoms with Crippen molar-refractivity contribution in [1.82, 2.24) is 0 Å². The molecule has 0 atom stereocenters. The van der Waals surface area contributed by atoms with Gasteiger partial charge in [0.05, 0.1) is 0 Å². The van der Waals surface area contributed by atoms with Gasteiger partial charge in [-0.05, 0) is 0 Å². The van der Waals surface area contributed by atoms with Crippen LogP contribution < -0.4 is 59.1 Å². The number of hydrogen-bond donors (Lipinski definition) is 4. The van der Waals surface area contributed by atoms with E-state index in [9.17, 15) is 0 Å². The van der Waals surface area contributed by atoms with Gasteiger partial charge in [-0.1, -0.05) is 142 Å². The standard InChI is InChI=1S/2C13H27.2Na.2H2O4S/c2*1-3-5-7-9-11-13-12-10-8-6-4-2;;;2*1-5(2,3)4/h2*1,3-13H2,2H3;;;2*(H2,1,2,3,4)/q2*-1;2*+1;;. The maximum absolute atomic E-state index is 8.74. The van der Waals surface area contributed by atoms with Gasteiger partial charge in [-0.2, -0.15) is 29.7 Å². The molecule has 0 bridgehead atoms. The average Bonchev–Trinajstić information content (AvgIpc) is 2.75. The molecule has 0 aromatic heterocycles. The van der Waals surface area contributed by atoms with Gasteiger partial charge in [0.25, 0.3) is 0 Å². The number of rotatable bonds is 20. The molecule has 0 aromatic carbocycles. The molecular weight excluding hydrogens is 550 g/mol. The summed E-state index contributed by atoms with van der Waals surface area (Å²) in [5.41, 5.74) is 0. The largest absolute Gasteiger partial charge is 1.00 e. The molecule has 8 nitrogen and oxygen atoms in total. The maximum Gasteiger partial charge on any atom is 1.00 e. The molecular formula is C26H58Na2O8S2. The third kappa shape index (κ3) is 108. The minimum atomic E-state index is -4.67. The monoisotopic (exact) mass is 608 g/mol. The van der Waals surface area contributed by atoms with Crippen LogP contribution in [0, 0.1) is 13.8 Å². The Bertz CT molecular complexity index is 502. The van der Waals surface area contributed by atoms with E-state index in [4.69, 9.17) is 35.0 Å². The van der Waals surface area contributed by atoms with Crippen LogP contribution in [0.2, 0.25) is 0 Å². The summed E-state index contributed by atoms with van der Waals surface area (Å²) >= 11 is 0. The normalized spacial score (nSPS) is 10.3. The fourth-order valence-corrected chi connectivity index (χ4v) is 3.33. The van der Waals surface area contributed by atoms with Gasteiger partial charge in [-0.25, -0.2) is 0 Å². The molecule has 0 unspecified atom stereocenters. The number of unbranched alkanes of at least 4 members (excludes halogenated alkanes) is 20. The summed E-state index contributed by atoms with van der Waals surface area (Å²) in [5, 5.41) is 0. The van der Waals surface area contributed by atoms with Gasteiger partial charge in [-0.15, -0.1) is 0 Å². The molecule has 0 saturated carbocycles. The first-order valence-corrected chi connectivity index (χ1v) is 16.6. The summed E-state index contributed by atoms with van der Waals surface area (Å²) in [6, 6.07) is 0. The topological polar surface area (TPSA) is 149 Å². The van der Waals surface area contributed by atoms with Crippen LogP contribution in [0.1, 0.15) is 155 Å². The summed E-state index contributed by atoms with van der Waals surface area (Å²) in [6.45, 7) is 12.3. The second-order valence-electron chi connectivity index (χ2n) is 8.97. The van der Waals surface area contributed by atoms with Crippen molar-refractivity contribution in [2.24, 2.45) is 0 Å². The van der Waals surface area contributed by atoms with E-state index in [2.05, 4.69) is 27.7 Å². The van der Waals surface area contributed by atoms with E-state index in [1.807, 2.05) is 0 Å². The van der Waals surface area contributed by atoms with Crippen LogP contribution in [0.5, 0.6) is 0 Å². The van der Waals surface area contributed by atoms with Crippen LogP contribution in [0.15, 0.2) is 0 Å². The maximum atomic E-state index is 8.74. The Balaban J connectivity index is -0.0000000962. The summed E-state index contributed by atoms with van der Waals surface area (Å²) in [7, 11) is -9.33.